The number of hydrogen-bond acceptors (Lipinski definition) is 2. The van der Waals surface area contributed by atoms with Crippen LogP contribution in [0.1, 0.15) is 6.42 Å². The van der Waals surface area contributed by atoms with Crippen molar-refractivity contribution in [3.63, 3.8) is 0 Å². The van der Waals surface area contributed by atoms with Gasteiger partial charge in [-0.15, -0.1) is 0 Å². The van der Waals surface area contributed by atoms with Gasteiger partial charge in [0.25, 0.3) is 0 Å². The number of alkyl halides is 1. The van der Waals surface area contributed by atoms with E-state index in [4.69, 9.17) is 4.52 Å². The molecule has 1 saturated heterocycles. The van der Waals surface area contributed by atoms with Crippen molar-refractivity contribution in [3.05, 3.63) is 0 Å². The summed E-state index contributed by atoms with van der Waals surface area (Å²) in [7, 11) is 4.11. The summed E-state index contributed by atoms with van der Waals surface area (Å²) < 4.78 is 17.5. The summed E-state index contributed by atoms with van der Waals surface area (Å²) in [6.07, 6.45) is -0.0413. The molecule has 0 aromatic rings. The monoisotopic (exact) mass is 165 g/mol. The Morgan fingerprint density at radius 2 is 2.50 bits per heavy atom. The quantitative estimate of drug-likeness (QED) is 0.562. The van der Waals surface area contributed by atoms with E-state index in [9.17, 15) is 4.39 Å². The van der Waals surface area contributed by atoms with Crippen LogP contribution in [0.25, 0.3) is 0 Å². The maximum absolute atomic E-state index is 12.6. The van der Waals surface area contributed by atoms with Gasteiger partial charge in [0.15, 0.2) is 0 Å². The molecule has 1 fully saturated rings. The Bertz CT molecular complexity index is 114. The second-order valence-electron chi connectivity index (χ2n) is 2.76. The lowest BCUT2D eigenvalue weighted by molar-refractivity contribution is 0.218. The highest BCUT2D eigenvalue weighted by molar-refractivity contribution is 7.09. The second-order valence-corrected chi connectivity index (χ2v) is 3.09. The van der Waals surface area contributed by atoms with Crippen LogP contribution in [0.5, 0.6) is 0 Å². The predicted molar refractivity (Wildman–Crippen MR) is 41.6 cm³/mol. The van der Waals surface area contributed by atoms with E-state index in [0.717, 1.165) is 0 Å². The maximum atomic E-state index is 12.6. The Balaban J connectivity index is 2.31. The van der Waals surface area contributed by atoms with Gasteiger partial charge in [-0.1, -0.05) is 0 Å². The average molecular weight is 165 g/mol. The summed E-state index contributed by atoms with van der Waals surface area (Å²) in [5.74, 6) is 0. The second kappa shape index (κ2) is 3.61. The Morgan fingerprint density at radius 3 is 2.90 bits per heavy atom. The zero-order chi connectivity index (χ0) is 7.56. The number of hydrogen-bond donors (Lipinski definition) is 0. The van der Waals surface area contributed by atoms with Gasteiger partial charge in [-0.2, -0.15) is 0 Å². The number of likely N-dealkylation sites (N-methyl/N-ethyl adjacent to an activating group) is 1. The van der Waals surface area contributed by atoms with Crippen LogP contribution in [-0.4, -0.2) is 37.3 Å². The molecule has 4 heteroatoms. The molecule has 0 aromatic carbocycles. The van der Waals surface area contributed by atoms with Crippen molar-refractivity contribution in [1.29, 1.82) is 0 Å². The number of nitrogens with zero attached hydrogens (tertiary/aromatic N) is 1. The molecule has 2 nitrogen and oxygen atoms in total. The highest BCUT2D eigenvalue weighted by Gasteiger charge is 2.28. The number of rotatable bonds is 2. The molecular weight excluding hydrogens is 152 g/mol. The zero-order valence-electron chi connectivity index (χ0n) is 6.09. The molecule has 0 aliphatic carbocycles. The molecule has 0 saturated carbocycles. The molecular formula is C6H13FNOP. The Hall–Kier alpha value is 0.280. The lowest BCUT2D eigenvalue weighted by Gasteiger charge is -2.16. The maximum Gasteiger partial charge on any atom is 0.114 e. The van der Waals surface area contributed by atoms with Gasteiger partial charge < -0.3 is 4.52 Å². The van der Waals surface area contributed by atoms with Crippen LogP contribution in [-0.2, 0) is 4.52 Å². The van der Waals surface area contributed by atoms with Gasteiger partial charge >= 0.3 is 0 Å². The van der Waals surface area contributed by atoms with Crippen LogP contribution in [0, 0.1) is 0 Å². The van der Waals surface area contributed by atoms with Gasteiger partial charge in [0.1, 0.15) is 6.17 Å². The highest BCUT2D eigenvalue weighted by Crippen LogP contribution is 2.18. The van der Waals surface area contributed by atoms with E-state index in [-0.39, 0.29) is 6.04 Å². The molecule has 0 aromatic heterocycles. The molecule has 60 valence electrons. The predicted octanol–water partition coefficient (Wildman–Crippen LogP) is 0.835. The third-order valence-corrected chi connectivity index (χ3v) is 2.12. The standard InChI is InChI=1S/C6H13FNOP/c1-8-3-5(7)2-6(8)4-9-10/h5-6H,2-4,10H2,1H3. The van der Waals surface area contributed by atoms with Gasteiger partial charge in [0.05, 0.1) is 6.61 Å². The first-order valence-electron chi connectivity index (χ1n) is 3.40. The van der Waals surface area contributed by atoms with E-state index in [0.29, 0.717) is 19.6 Å². The highest BCUT2D eigenvalue weighted by atomic mass is 31.0. The summed E-state index contributed by atoms with van der Waals surface area (Å²) in [6, 6.07) is 0.271. The van der Waals surface area contributed by atoms with E-state index in [1.807, 2.05) is 11.9 Å². The van der Waals surface area contributed by atoms with Crippen molar-refractivity contribution in [1.82, 2.24) is 4.90 Å². The molecule has 0 bridgehead atoms. The van der Waals surface area contributed by atoms with Gasteiger partial charge in [-0.25, -0.2) is 4.39 Å². The smallest absolute Gasteiger partial charge is 0.114 e. The van der Waals surface area contributed by atoms with Crippen LogP contribution in [0.3, 0.4) is 0 Å². The molecule has 0 spiro atoms. The minimum atomic E-state index is -0.657. The number of halogens is 1. The molecule has 1 heterocycles. The Labute approximate surface area is 63.0 Å². The summed E-state index contributed by atoms with van der Waals surface area (Å²) in [6.45, 7) is 1.17. The summed E-state index contributed by atoms with van der Waals surface area (Å²) in [5.41, 5.74) is 0. The first kappa shape index (κ1) is 8.38. The zero-order valence-corrected chi connectivity index (χ0v) is 7.24. The van der Waals surface area contributed by atoms with Gasteiger partial charge in [-0.05, 0) is 13.5 Å². The molecule has 0 amide bonds. The molecule has 3 unspecified atom stereocenters. The van der Waals surface area contributed by atoms with Crippen LogP contribution in [0.4, 0.5) is 4.39 Å². The first-order valence-corrected chi connectivity index (χ1v) is 3.87. The Morgan fingerprint density at radius 1 is 1.80 bits per heavy atom. The van der Waals surface area contributed by atoms with Crippen molar-refractivity contribution < 1.29 is 8.91 Å². The van der Waals surface area contributed by atoms with Crippen LogP contribution < -0.4 is 0 Å². The topological polar surface area (TPSA) is 12.5 Å². The van der Waals surface area contributed by atoms with E-state index in [1.54, 1.807) is 0 Å². The third-order valence-electron chi connectivity index (χ3n) is 1.93. The summed E-state index contributed by atoms with van der Waals surface area (Å²) >= 11 is 0. The minimum Gasteiger partial charge on any atom is -0.364 e. The average Bonchev–Trinajstić information content (AvgIpc) is 2.13. The van der Waals surface area contributed by atoms with Crippen molar-refractivity contribution in [2.75, 3.05) is 20.2 Å². The fraction of sp³-hybridized carbons (Fsp3) is 1.00. The number of likely N-dealkylation sites (tertiary alicyclic amines) is 1. The van der Waals surface area contributed by atoms with Crippen molar-refractivity contribution in [2.24, 2.45) is 0 Å². The molecule has 1 rings (SSSR count). The van der Waals surface area contributed by atoms with Gasteiger partial charge in [0.2, 0.25) is 0 Å². The molecule has 10 heavy (non-hydrogen) atoms. The van der Waals surface area contributed by atoms with Crippen LogP contribution in [0.15, 0.2) is 0 Å². The SMILES string of the molecule is CN1CC(F)CC1COP. The van der Waals surface area contributed by atoms with E-state index < -0.39 is 6.17 Å². The van der Waals surface area contributed by atoms with E-state index in [1.165, 1.54) is 0 Å². The van der Waals surface area contributed by atoms with Crippen molar-refractivity contribution in [2.45, 2.75) is 18.6 Å². The Kier molecular flexibility index (Phi) is 3.02. The van der Waals surface area contributed by atoms with E-state index >= 15 is 0 Å². The minimum absolute atomic E-state index is 0.271. The molecule has 1 aliphatic heterocycles. The van der Waals surface area contributed by atoms with E-state index in [2.05, 4.69) is 9.47 Å². The van der Waals surface area contributed by atoms with Crippen LogP contribution >= 0.6 is 9.47 Å². The lowest BCUT2D eigenvalue weighted by Crippen LogP contribution is -2.28. The molecule has 1 aliphatic rings. The van der Waals surface area contributed by atoms with Crippen molar-refractivity contribution >= 4 is 9.47 Å². The summed E-state index contributed by atoms with van der Waals surface area (Å²) in [4.78, 5) is 1.99. The lowest BCUT2D eigenvalue weighted by atomic mass is 10.2. The first-order chi connectivity index (χ1) is 4.74. The fourth-order valence-electron chi connectivity index (χ4n) is 1.32. The van der Waals surface area contributed by atoms with Gasteiger partial charge in [0, 0.05) is 22.1 Å². The third kappa shape index (κ3) is 1.88. The molecule has 3 atom stereocenters. The van der Waals surface area contributed by atoms with Crippen LogP contribution in [0.2, 0.25) is 0 Å². The van der Waals surface area contributed by atoms with Crippen molar-refractivity contribution in [3.8, 4) is 0 Å². The summed E-state index contributed by atoms with van der Waals surface area (Å²) in [5, 5.41) is 0. The molecule has 0 N–H and O–H groups in total. The normalized spacial score (nSPS) is 35.1. The molecule has 0 radical (unpaired) electrons. The largest absolute Gasteiger partial charge is 0.364 e. The van der Waals surface area contributed by atoms with Gasteiger partial charge in [-0.3, -0.25) is 4.90 Å². The fourth-order valence-corrected chi connectivity index (χ4v) is 1.54.